The Morgan fingerprint density at radius 2 is 1.74 bits per heavy atom. The molecular weight excluding hydrogens is 382 g/mol. The van der Waals surface area contributed by atoms with Gasteiger partial charge in [-0.1, -0.05) is 36.4 Å². The largest absolute Gasteiger partial charge is 0.324 e. The van der Waals surface area contributed by atoms with Gasteiger partial charge in [-0.25, -0.2) is 13.4 Å². The number of aryl methyl sites for hydroxylation is 1. The molecule has 0 unspecified atom stereocenters. The predicted molar refractivity (Wildman–Crippen MR) is 110 cm³/mol. The van der Waals surface area contributed by atoms with Gasteiger partial charge in [-0.05, 0) is 24.6 Å². The second-order valence-electron chi connectivity index (χ2n) is 6.09. The second-order valence-corrected chi connectivity index (χ2v) is 8.90. The number of nitrogens with zero attached hydrogens (tertiary/aromatic N) is 1. The first-order chi connectivity index (χ1) is 12.8. The third kappa shape index (κ3) is 5.38. The van der Waals surface area contributed by atoms with Crippen LogP contribution in [0.2, 0.25) is 0 Å². The van der Waals surface area contributed by atoms with Crippen LogP contribution in [-0.4, -0.2) is 25.6 Å². The van der Waals surface area contributed by atoms with Gasteiger partial charge >= 0.3 is 0 Å². The Morgan fingerprint density at radius 3 is 2.33 bits per heavy atom. The molecule has 0 aliphatic heterocycles. The minimum absolute atomic E-state index is 0.184. The van der Waals surface area contributed by atoms with Gasteiger partial charge in [0, 0.05) is 10.9 Å². The van der Waals surface area contributed by atoms with Gasteiger partial charge < -0.3 is 5.32 Å². The van der Waals surface area contributed by atoms with Crippen molar-refractivity contribution in [2.24, 2.45) is 0 Å². The molecule has 0 saturated carbocycles. The molecule has 27 heavy (non-hydrogen) atoms. The van der Waals surface area contributed by atoms with Crippen molar-refractivity contribution >= 4 is 38.6 Å². The minimum Gasteiger partial charge on any atom is -0.324 e. The van der Waals surface area contributed by atoms with E-state index in [2.05, 4.69) is 15.0 Å². The van der Waals surface area contributed by atoms with Crippen LogP contribution in [0.3, 0.4) is 0 Å². The molecule has 3 rings (SSSR count). The lowest BCUT2D eigenvalue weighted by Gasteiger charge is -2.12. The van der Waals surface area contributed by atoms with E-state index in [4.69, 9.17) is 0 Å². The Morgan fingerprint density at radius 1 is 1.07 bits per heavy atom. The zero-order chi connectivity index (χ0) is 19.4. The number of para-hydroxylation sites is 2. The number of hydrogen-bond donors (Lipinski definition) is 2. The lowest BCUT2D eigenvalue weighted by Crippen LogP contribution is -2.17. The van der Waals surface area contributed by atoms with Crippen LogP contribution in [0, 0.1) is 6.92 Å². The summed E-state index contributed by atoms with van der Waals surface area (Å²) in [5.74, 6) is -0.227. The number of carbonyl (C=O) groups excluding carboxylic acids is 1. The van der Waals surface area contributed by atoms with Crippen LogP contribution in [0.4, 0.5) is 11.4 Å². The van der Waals surface area contributed by atoms with E-state index in [-0.39, 0.29) is 12.3 Å². The number of sulfonamides is 1. The maximum atomic E-state index is 12.4. The summed E-state index contributed by atoms with van der Waals surface area (Å²) in [7, 11) is -3.43. The van der Waals surface area contributed by atoms with Gasteiger partial charge in [-0.2, -0.15) is 0 Å². The number of anilines is 2. The number of benzene rings is 2. The molecule has 0 atom stereocenters. The van der Waals surface area contributed by atoms with Crippen molar-refractivity contribution in [3.05, 3.63) is 64.5 Å². The summed E-state index contributed by atoms with van der Waals surface area (Å²) in [5.41, 5.74) is 3.54. The Labute approximate surface area is 162 Å². The summed E-state index contributed by atoms with van der Waals surface area (Å²) in [6.07, 6.45) is 1.25. The molecule has 8 heteroatoms. The summed E-state index contributed by atoms with van der Waals surface area (Å²) in [6.45, 7) is 1.96. The quantitative estimate of drug-likeness (QED) is 0.660. The van der Waals surface area contributed by atoms with Gasteiger partial charge in [0.25, 0.3) is 0 Å². The van der Waals surface area contributed by atoms with Crippen molar-refractivity contribution < 1.29 is 13.2 Å². The normalized spacial score (nSPS) is 11.2. The Kier molecular flexibility index (Phi) is 5.57. The van der Waals surface area contributed by atoms with Crippen LogP contribution >= 0.6 is 11.3 Å². The van der Waals surface area contributed by atoms with E-state index in [1.165, 1.54) is 0 Å². The summed E-state index contributed by atoms with van der Waals surface area (Å²) in [4.78, 5) is 16.8. The van der Waals surface area contributed by atoms with E-state index >= 15 is 0 Å². The number of amides is 1. The monoisotopic (exact) mass is 401 g/mol. The number of carbonyl (C=O) groups is 1. The summed E-state index contributed by atoms with van der Waals surface area (Å²) in [6, 6.07) is 14.3. The minimum atomic E-state index is -3.43. The van der Waals surface area contributed by atoms with Crippen LogP contribution in [0.15, 0.2) is 53.9 Å². The lowest BCUT2D eigenvalue weighted by atomic mass is 10.1. The molecule has 140 valence electrons. The molecule has 0 radical (unpaired) electrons. The molecule has 0 spiro atoms. The highest BCUT2D eigenvalue weighted by Crippen LogP contribution is 2.23. The van der Waals surface area contributed by atoms with E-state index in [0.717, 1.165) is 28.1 Å². The van der Waals surface area contributed by atoms with E-state index < -0.39 is 10.0 Å². The topological polar surface area (TPSA) is 88.2 Å². The number of aromatic nitrogens is 1. The van der Waals surface area contributed by atoms with Gasteiger partial charge in [0.2, 0.25) is 15.9 Å². The van der Waals surface area contributed by atoms with E-state index in [0.29, 0.717) is 11.4 Å². The van der Waals surface area contributed by atoms with Crippen LogP contribution in [0.1, 0.15) is 10.6 Å². The lowest BCUT2D eigenvalue weighted by molar-refractivity contribution is -0.115. The molecule has 3 aromatic rings. The molecular formula is C19H19N3O3S2. The molecule has 0 bridgehead atoms. The average Bonchev–Trinajstić information content (AvgIpc) is 3.02. The first-order valence-corrected chi connectivity index (χ1v) is 11.0. The van der Waals surface area contributed by atoms with Crippen molar-refractivity contribution in [1.29, 1.82) is 0 Å². The third-order valence-corrected chi connectivity index (χ3v) is 5.09. The highest BCUT2D eigenvalue weighted by molar-refractivity contribution is 7.92. The van der Waals surface area contributed by atoms with Gasteiger partial charge in [0.1, 0.15) is 0 Å². The molecule has 1 heterocycles. The zero-order valence-electron chi connectivity index (χ0n) is 14.9. The molecule has 0 aliphatic rings. The number of thiazole rings is 1. The first kappa shape index (κ1) is 19.1. The Hall–Kier alpha value is -2.71. The highest BCUT2D eigenvalue weighted by Gasteiger charge is 2.11. The maximum absolute atomic E-state index is 12.4. The molecule has 0 saturated heterocycles. The first-order valence-electron chi connectivity index (χ1n) is 8.18. The fourth-order valence-corrected chi connectivity index (χ4v) is 3.75. The van der Waals surface area contributed by atoms with E-state index in [1.54, 1.807) is 35.6 Å². The van der Waals surface area contributed by atoms with Crippen molar-refractivity contribution in [2.45, 2.75) is 13.3 Å². The fraction of sp³-hybridized carbons (Fsp3) is 0.158. The molecule has 6 nitrogen and oxygen atoms in total. The SMILES string of the molecule is Cc1nc(-c2ccc(CC(=O)Nc3ccccc3NS(C)(=O)=O)cc2)cs1. The van der Waals surface area contributed by atoms with Crippen molar-refractivity contribution in [3.8, 4) is 11.3 Å². The summed E-state index contributed by atoms with van der Waals surface area (Å²) < 4.78 is 25.3. The Bertz CT molecular complexity index is 1060. The van der Waals surface area contributed by atoms with Crippen LogP contribution < -0.4 is 10.0 Å². The standard InChI is InChI=1S/C19H19N3O3S2/c1-13-20-18(12-26-13)15-9-7-14(8-10-15)11-19(23)21-16-5-3-4-6-17(16)22-27(2,24)25/h3-10,12,22H,11H2,1-2H3,(H,21,23). The molecule has 2 N–H and O–H groups in total. The molecule has 2 aromatic carbocycles. The summed E-state index contributed by atoms with van der Waals surface area (Å²) in [5, 5.41) is 5.77. The van der Waals surface area contributed by atoms with Gasteiger partial charge in [-0.3, -0.25) is 9.52 Å². The zero-order valence-corrected chi connectivity index (χ0v) is 16.5. The number of hydrogen-bond acceptors (Lipinski definition) is 5. The van der Waals surface area contributed by atoms with Crippen molar-refractivity contribution in [2.75, 3.05) is 16.3 Å². The fourth-order valence-electron chi connectivity index (χ4n) is 2.55. The van der Waals surface area contributed by atoms with Crippen molar-refractivity contribution in [1.82, 2.24) is 4.98 Å². The van der Waals surface area contributed by atoms with Crippen LogP contribution in [-0.2, 0) is 21.2 Å². The van der Waals surface area contributed by atoms with Crippen LogP contribution in [0.5, 0.6) is 0 Å². The second kappa shape index (κ2) is 7.89. The Balaban J connectivity index is 1.68. The number of nitrogens with one attached hydrogen (secondary N) is 2. The van der Waals surface area contributed by atoms with E-state index in [9.17, 15) is 13.2 Å². The predicted octanol–water partition coefficient (Wildman–Crippen LogP) is 3.67. The van der Waals surface area contributed by atoms with Crippen molar-refractivity contribution in [3.63, 3.8) is 0 Å². The highest BCUT2D eigenvalue weighted by atomic mass is 32.2. The molecule has 0 aliphatic carbocycles. The number of rotatable bonds is 6. The van der Waals surface area contributed by atoms with Gasteiger partial charge in [-0.15, -0.1) is 11.3 Å². The average molecular weight is 402 g/mol. The maximum Gasteiger partial charge on any atom is 0.229 e. The van der Waals surface area contributed by atoms with Gasteiger partial charge in [0.15, 0.2) is 0 Å². The molecule has 1 aromatic heterocycles. The molecule has 0 fully saturated rings. The smallest absolute Gasteiger partial charge is 0.229 e. The van der Waals surface area contributed by atoms with E-state index in [1.807, 2.05) is 36.6 Å². The molecule has 1 amide bonds. The van der Waals surface area contributed by atoms with Gasteiger partial charge in [0.05, 0.1) is 34.8 Å². The van der Waals surface area contributed by atoms with Crippen LogP contribution in [0.25, 0.3) is 11.3 Å². The third-order valence-electron chi connectivity index (χ3n) is 3.73. The summed E-state index contributed by atoms with van der Waals surface area (Å²) >= 11 is 1.60.